The Morgan fingerprint density at radius 3 is 2.60 bits per heavy atom. The molecule has 1 aliphatic rings. The summed E-state index contributed by atoms with van der Waals surface area (Å²) >= 11 is 1.21. The molecule has 0 saturated carbocycles. The molecule has 3 aromatic rings. The molecule has 6 nitrogen and oxygen atoms in total. The van der Waals surface area contributed by atoms with E-state index in [9.17, 15) is 18.0 Å². The Morgan fingerprint density at radius 2 is 1.93 bits per heavy atom. The molecule has 3 heterocycles. The van der Waals surface area contributed by atoms with Gasteiger partial charge >= 0.3 is 6.18 Å². The molecule has 1 atom stereocenters. The van der Waals surface area contributed by atoms with E-state index in [1.165, 1.54) is 23.5 Å². The lowest BCUT2D eigenvalue weighted by molar-refractivity contribution is -0.137. The summed E-state index contributed by atoms with van der Waals surface area (Å²) in [6.45, 7) is 4.89. The molecule has 1 saturated heterocycles. The molecule has 1 amide bonds. The number of aryl methyl sites for hydroxylation is 2. The van der Waals surface area contributed by atoms with Crippen LogP contribution in [0.3, 0.4) is 0 Å². The Labute approximate surface area is 174 Å². The second-order valence-corrected chi connectivity index (χ2v) is 8.38. The Morgan fingerprint density at radius 1 is 1.23 bits per heavy atom. The molecule has 4 rings (SSSR count). The highest BCUT2D eigenvalue weighted by molar-refractivity contribution is 7.21. The Bertz CT molecular complexity index is 1110. The quantitative estimate of drug-likeness (QED) is 0.652. The number of halogens is 3. The van der Waals surface area contributed by atoms with Gasteiger partial charge < -0.3 is 16.0 Å². The predicted molar refractivity (Wildman–Crippen MR) is 111 cm³/mol. The van der Waals surface area contributed by atoms with Crippen molar-refractivity contribution in [1.82, 2.24) is 15.5 Å². The van der Waals surface area contributed by atoms with Crippen molar-refractivity contribution in [2.45, 2.75) is 32.5 Å². The van der Waals surface area contributed by atoms with Gasteiger partial charge in [0, 0.05) is 30.2 Å². The van der Waals surface area contributed by atoms with Crippen LogP contribution in [-0.4, -0.2) is 35.2 Å². The summed E-state index contributed by atoms with van der Waals surface area (Å²) in [6.07, 6.45) is -3.67. The minimum absolute atomic E-state index is 0.127. The van der Waals surface area contributed by atoms with Crippen LogP contribution in [0.4, 0.5) is 24.5 Å². The molecule has 2 aromatic heterocycles. The topological polar surface area (TPSA) is 84.1 Å². The summed E-state index contributed by atoms with van der Waals surface area (Å²) in [5.41, 5.74) is 8.32. The molecular weight excluding hydrogens is 415 g/mol. The second kappa shape index (κ2) is 7.42. The van der Waals surface area contributed by atoms with Gasteiger partial charge in [-0.15, -0.1) is 16.4 Å². The molecule has 30 heavy (non-hydrogen) atoms. The van der Waals surface area contributed by atoms with Gasteiger partial charge in [-0.25, -0.2) is 0 Å². The van der Waals surface area contributed by atoms with E-state index in [-0.39, 0.29) is 11.9 Å². The third-order valence-corrected chi connectivity index (χ3v) is 6.51. The number of benzene rings is 1. The zero-order valence-corrected chi connectivity index (χ0v) is 17.2. The molecule has 0 radical (unpaired) electrons. The van der Waals surface area contributed by atoms with Gasteiger partial charge in [0.25, 0.3) is 5.91 Å². The number of carbonyl (C=O) groups excluding carboxylic acids is 1. The van der Waals surface area contributed by atoms with Gasteiger partial charge in [0.2, 0.25) is 0 Å². The Kier molecular flexibility index (Phi) is 5.05. The third-order valence-electron chi connectivity index (χ3n) is 5.42. The minimum atomic E-state index is -4.36. The molecule has 0 bridgehead atoms. The highest BCUT2D eigenvalue weighted by Crippen LogP contribution is 2.35. The summed E-state index contributed by atoms with van der Waals surface area (Å²) in [7, 11) is 0. The minimum Gasteiger partial charge on any atom is -0.397 e. The van der Waals surface area contributed by atoms with Crippen molar-refractivity contribution in [1.29, 1.82) is 0 Å². The number of carbonyl (C=O) groups is 1. The van der Waals surface area contributed by atoms with Gasteiger partial charge in [0.1, 0.15) is 9.71 Å². The van der Waals surface area contributed by atoms with Crippen LogP contribution in [0.25, 0.3) is 10.2 Å². The van der Waals surface area contributed by atoms with E-state index in [1.54, 1.807) is 0 Å². The molecule has 158 valence electrons. The normalized spacial score (nSPS) is 17.0. The van der Waals surface area contributed by atoms with Gasteiger partial charge in [-0.05, 0) is 50.1 Å². The molecule has 1 fully saturated rings. The largest absolute Gasteiger partial charge is 0.416 e. The average molecular weight is 435 g/mol. The first-order valence-electron chi connectivity index (χ1n) is 9.40. The summed E-state index contributed by atoms with van der Waals surface area (Å²) in [5.74, 6) is -0.271. The van der Waals surface area contributed by atoms with Crippen LogP contribution in [0.2, 0.25) is 0 Å². The van der Waals surface area contributed by atoms with Crippen LogP contribution >= 0.6 is 11.3 Å². The van der Waals surface area contributed by atoms with E-state index in [0.717, 1.165) is 28.8 Å². The summed E-state index contributed by atoms with van der Waals surface area (Å²) < 4.78 is 38.2. The number of amides is 1. The number of alkyl halides is 3. The maximum absolute atomic E-state index is 12.8. The number of nitrogens with zero attached hydrogens (tertiary/aromatic N) is 3. The van der Waals surface area contributed by atoms with E-state index >= 15 is 0 Å². The number of thiophene rings is 1. The maximum atomic E-state index is 12.8. The van der Waals surface area contributed by atoms with Crippen LogP contribution in [-0.2, 0) is 6.18 Å². The zero-order chi connectivity index (χ0) is 21.6. The van der Waals surface area contributed by atoms with Crippen molar-refractivity contribution in [3.8, 4) is 0 Å². The maximum Gasteiger partial charge on any atom is 0.416 e. The number of nitrogens with two attached hydrogens (primary N) is 1. The van der Waals surface area contributed by atoms with Gasteiger partial charge in [-0.2, -0.15) is 18.3 Å². The van der Waals surface area contributed by atoms with E-state index in [0.29, 0.717) is 40.6 Å². The van der Waals surface area contributed by atoms with E-state index < -0.39 is 11.7 Å². The average Bonchev–Trinajstić information content (AvgIpc) is 3.29. The summed E-state index contributed by atoms with van der Waals surface area (Å²) in [5, 5.41) is 12.0. The fourth-order valence-electron chi connectivity index (χ4n) is 3.63. The van der Waals surface area contributed by atoms with Crippen LogP contribution in [0, 0.1) is 13.8 Å². The number of aromatic nitrogens is 2. The third kappa shape index (κ3) is 3.67. The summed E-state index contributed by atoms with van der Waals surface area (Å²) in [6, 6.07) is 4.94. The predicted octanol–water partition coefficient (Wildman–Crippen LogP) is 3.92. The van der Waals surface area contributed by atoms with Crippen LogP contribution in [0.1, 0.15) is 32.9 Å². The molecule has 1 unspecified atom stereocenters. The number of hydrogen-bond acceptors (Lipinski definition) is 6. The van der Waals surface area contributed by atoms with Crippen molar-refractivity contribution in [3.63, 3.8) is 0 Å². The number of nitrogens with one attached hydrogen (secondary N) is 1. The second-order valence-electron chi connectivity index (χ2n) is 7.39. The lowest BCUT2D eigenvalue weighted by Crippen LogP contribution is -2.37. The van der Waals surface area contributed by atoms with Gasteiger partial charge in [-0.1, -0.05) is 0 Å². The fraction of sp³-hybridized carbons (Fsp3) is 0.350. The molecule has 0 spiro atoms. The Balaban J connectivity index is 1.46. The van der Waals surface area contributed by atoms with Crippen molar-refractivity contribution in [3.05, 3.63) is 46.0 Å². The van der Waals surface area contributed by atoms with Crippen molar-refractivity contribution >= 4 is 38.8 Å². The standard InChI is InChI=1S/C20H20F3N5OS/c1-10-11(2)26-27-19-15(10)16(24)17(30-19)18(29)25-13-7-8-28(9-13)14-5-3-12(4-6-14)20(21,22)23/h3-6,13H,7-9,24H2,1-2H3,(H,25,29). The van der Waals surface area contributed by atoms with Crippen LogP contribution in [0.15, 0.2) is 24.3 Å². The van der Waals surface area contributed by atoms with Gasteiger partial charge in [-0.3, -0.25) is 4.79 Å². The summed E-state index contributed by atoms with van der Waals surface area (Å²) in [4.78, 5) is 15.8. The highest BCUT2D eigenvalue weighted by atomic mass is 32.1. The van der Waals surface area contributed by atoms with Crippen molar-refractivity contribution < 1.29 is 18.0 Å². The molecule has 1 aliphatic heterocycles. The first-order valence-corrected chi connectivity index (χ1v) is 10.2. The number of rotatable bonds is 3. The molecule has 0 aliphatic carbocycles. The Hall–Kier alpha value is -2.88. The van der Waals surface area contributed by atoms with E-state index in [1.807, 2.05) is 18.7 Å². The molecule has 1 aromatic carbocycles. The monoisotopic (exact) mass is 435 g/mol. The van der Waals surface area contributed by atoms with Crippen molar-refractivity contribution in [2.24, 2.45) is 0 Å². The highest BCUT2D eigenvalue weighted by Gasteiger charge is 2.31. The first kappa shape index (κ1) is 20.4. The fourth-order valence-corrected chi connectivity index (χ4v) is 4.64. The molecular formula is C20H20F3N5OS. The lowest BCUT2D eigenvalue weighted by atomic mass is 10.1. The van der Waals surface area contributed by atoms with E-state index in [2.05, 4.69) is 15.5 Å². The first-order chi connectivity index (χ1) is 14.1. The van der Waals surface area contributed by atoms with Crippen LogP contribution < -0.4 is 16.0 Å². The lowest BCUT2D eigenvalue weighted by Gasteiger charge is -2.19. The molecule has 10 heteroatoms. The van der Waals surface area contributed by atoms with E-state index in [4.69, 9.17) is 5.73 Å². The zero-order valence-electron chi connectivity index (χ0n) is 16.4. The smallest absolute Gasteiger partial charge is 0.397 e. The van der Waals surface area contributed by atoms with Crippen molar-refractivity contribution in [2.75, 3.05) is 23.7 Å². The van der Waals surface area contributed by atoms with Gasteiger partial charge in [0.05, 0.1) is 16.9 Å². The molecule has 3 N–H and O–H groups in total. The van der Waals surface area contributed by atoms with Crippen LogP contribution in [0.5, 0.6) is 0 Å². The number of anilines is 2. The number of fused-ring (bicyclic) bond motifs is 1. The van der Waals surface area contributed by atoms with Gasteiger partial charge in [0.15, 0.2) is 0 Å². The number of nitrogen functional groups attached to an aromatic ring is 1. The number of hydrogen-bond donors (Lipinski definition) is 2. The SMILES string of the molecule is Cc1nnc2sc(C(=O)NC3CCN(c4ccc(C(F)(F)F)cc4)C3)c(N)c2c1C.